The lowest BCUT2D eigenvalue weighted by Gasteiger charge is -2.34. The van der Waals surface area contributed by atoms with Gasteiger partial charge in [0.25, 0.3) is 0 Å². The van der Waals surface area contributed by atoms with E-state index >= 15 is 0 Å². The van der Waals surface area contributed by atoms with Crippen LogP contribution in [0.3, 0.4) is 0 Å². The van der Waals surface area contributed by atoms with Crippen LogP contribution in [0.1, 0.15) is 40.0 Å². The molecule has 1 saturated heterocycles. The lowest BCUT2D eigenvalue weighted by molar-refractivity contribution is 0.100. The first-order valence-electron chi connectivity index (χ1n) is 6.15. The minimum absolute atomic E-state index is 0.0681. The summed E-state index contributed by atoms with van der Waals surface area (Å²) < 4.78 is 5.59. The molecule has 0 spiro atoms. The zero-order chi connectivity index (χ0) is 11.3. The number of hydrogen-bond donors (Lipinski definition) is 2. The number of nitrogens with one attached hydrogen (secondary N) is 1. The molecule has 3 nitrogen and oxygen atoms in total. The van der Waals surface area contributed by atoms with Gasteiger partial charge in [0.2, 0.25) is 0 Å². The summed E-state index contributed by atoms with van der Waals surface area (Å²) >= 11 is 0. The zero-order valence-corrected chi connectivity index (χ0v) is 10.4. The highest BCUT2D eigenvalue weighted by Gasteiger charge is 2.26. The first-order valence-corrected chi connectivity index (χ1v) is 6.15. The second-order valence-electron chi connectivity index (χ2n) is 5.13. The molecule has 0 aliphatic carbocycles. The SMILES string of the molecule is CC(C)C(C)(CN)NCCC1CCCO1. The van der Waals surface area contributed by atoms with Crippen LogP contribution < -0.4 is 11.1 Å². The largest absolute Gasteiger partial charge is 0.378 e. The van der Waals surface area contributed by atoms with Crippen LogP contribution in [0.5, 0.6) is 0 Å². The summed E-state index contributed by atoms with van der Waals surface area (Å²) in [6.07, 6.45) is 4.04. The van der Waals surface area contributed by atoms with Crippen LogP contribution in [-0.4, -0.2) is 31.3 Å². The molecule has 90 valence electrons. The molecule has 2 unspecified atom stereocenters. The fraction of sp³-hybridized carbons (Fsp3) is 1.00. The van der Waals surface area contributed by atoms with Gasteiger partial charge in [-0.25, -0.2) is 0 Å². The zero-order valence-electron chi connectivity index (χ0n) is 10.4. The van der Waals surface area contributed by atoms with E-state index in [1.807, 2.05) is 0 Å². The molecule has 3 heteroatoms. The van der Waals surface area contributed by atoms with Crippen molar-refractivity contribution in [3.05, 3.63) is 0 Å². The van der Waals surface area contributed by atoms with E-state index in [1.54, 1.807) is 0 Å². The molecule has 1 rings (SSSR count). The lowest BCUT2D eigenvalue weighted by Crippen LogP contribution is -2.53. The Labute approximate surface area is 93.8 Å². The third-order valence-corrected chi connectivity index (χ3v) is 3.72. The first-order chi connectivity index (χ1) is 7.08. The monoisotopic (exact) mass is 214 g/mol. The quantitative estimate of drug-likeness (QED) is 0.705. The molecule has 2 atom stereocenters. The Morgan fingerprint density at radius 1 is 1.53 bits per heavy atom. The summed E-state index contributed by atoms with van der Waals surface area (Å²) in [5, 5.41) is 3.57. The van der Waals surface area contributed by atoms with Crippen LogP contribution in [0.15, 0.2) is 0 Å². The Kier molecular flexibility index (Phi) is 5.03. The van der Waals surface area contributed by atoms with Gasteiger partial charge in [0, 0.05) is 18.7 Å². The minimum atomic E-state index is 0.0681. The van der Waals surface area contributed by atoms with Gasteiger partial charge < -0.3 is 15.8 Å². The van der Waals surface area contributed by atoms with Crippen LogP contribution in [0.25, 0.3) is 0 Å². The molecule has 0 bridgehead atoms. The molecule has 1 aliphatic rings. The van der Waals surface area contributed by atoms with E-state index in [1.165, 1.54) is 12.8 Å². The highest BCUT2D eigenvalue weighted by atomic mass is 16.5. The summed E-state index contributed by atoms with van der Waals surface area (Å²) in [6, 6.07) is 0. The molecule has 1 fully saturated rings. The highest BCUT2D eigenvalue weighted by molar-refractivity contribution is 4.87. The third-order valence-electron chi connectivity index (χ3n) is 3.72. The minimum Gasteiger partial charge on any atom is -0.378 e. The van der Waals surface area contributed by atoms with Crippen molar-refractivity contribution in [2.45, 2.75) is 51.7 Å². The molecule has 15 heavy (non-hydrogen) atoms. The summed E-state index contributed by atoms with van der Waals surface area (Å²) in [5.74, 6) is 0.562. The molecule has 0 aromatic heterocycles. The molecule has 3 N–H and O–H groups in total. The molecule has 0 aromatic carbocycles. The van der Waals surface area contributed by atoms with E-state index in [4.69, 9.17) is 10.5 Å². The van der Waals surface area contributed by atoms with Gasteiger partial charge in [-0.05, 0) is 38.6 Å². The molecule has 0 radical (unpaired) electrons. The Morgan fingerprint density at radius 2 is 2.27 bits per heavy atom. The van der Waals surface area contributed by atoms with Crippen LogP contribution in [0, 0.1) is 5.92 Å². The molecule has 1 aliphatic heterocycles. The summed E-state index contributed by atoms with van der Waals surface area (Å²) in [4.78, 5) is 0. The van der Waals surface area contributed by atoms with Crippen molar-refractivity contribution in [1.82, 2.24) is 5.32 Å². The second-order valence-corrected chi connectivity index (χ2v) is 5.13. The number of ether oxygens (including phenoxy) is 1. The average molecular weight is 214 g/mol. The Bertz CT molecular complexity index is 178. The highest BCUT2D eigenvalue weighted by Crippen LogP contribution is 2.17. The average Bonchev–Trinajstić information content (AvgIpc) is 2.70. The van der Waals surface area contributed by atoms with Gasteiger partial charge in [0.1, 0.15) is 0 Å². The normalized spacial score (nSPS) is 25.8. The predicted octanol–water partition coefficient (Wildman–Crippen LogP) is 1.52. The van der Waals surface area contributed by atoms with E-state index in [2.05, 4.69) is 26.1 Å². The number of hydrogen-bond acceptors (Lipinski definition) is 3. The number of rotatable bonds is 6. The van der Waals surface area contributed by atoms with Crippen molar-refractivity contribution in [3.8, 4) is 0 Å². The van der Waals surface area contributed by atoms with Crippen molar-refractivity contribution < 1.29 is 4.74 Å². The van der Waals surface area contributed by atoms with E-state index in [0.29, 0.717) is 18.6 Å². The maximum absolute atomic E-state index is 5.81. The molecule has 0 saturated carbocycles. The van der Waals surface area contributed by atoms with E-state index in [0.717, 1.165) is 19.6 Å². The van der Waals surface area contributed by atoms with E-state index in [-0.39, 0.29) is 5.54 Å². The Hall–Kier alpha value is -0.120. The predicted molar refractivity (Wildman–Crippen MR) is 63.9 cm³/mol. The fourth-order valence-electron chi connectivity index (χ4n) is 1.90. The van der Waals surface area contributed by atoms with Gasteiger partial charge in [-0.2, -0.15) is 0 Å². The van der Waals surface area contributed by atoms with Crippen molar-refractivity contribution in [3.63, 3.8) is 0 Å². The van der Waals surface area contributed by atoms with Crippen LogP contribution in [-0.2, 0) is 4.74 Å². The standard InChI is InChI=1S/C12H26N2O/c1-10(2)12(3,9-13)14-7-6-11-5-4-8-15-11/h10-11,14H,4-9,13H2,1-3H3. The van der Waals surface area contributed by atoms with E-state index < -0.39 is 0 Å². The lowest BCUT2D eigenvalue weighted by atomic mass is 9.88. The summed E-state index contributed by atoms with van der Waals surface area (Å²) in [6.45, 7) is 9.28. The molecular formula is C12H26N2O. The molecular weight excluding hydrogens is 188 g/mol. The van der Waals surface area contributed by atoms with Crippen LogP contribution >= 0.6 is 0 Å². The first kappa shape index (κ1) is 12.9. The maximum Gasteiger partial charge on any atom is 0.0588 e. The van der Waals surface area contributed by atoms with Gasteiger partial charge in [-0.1, -0.05) is 13.8 Å². The Balaban J connectivity index is 2.22. The molecule has 0 aromatic rings. The number of nitrogens with two attached hydrogens (primary N) is 1. The van der Waals surface area contributed by atoms with Crippen molar-refractivity contribution >= 4 is 0 Å². The van der Waals surface area contributed by atoms with Gasteiger partial charge in [0.15, 0.2) is 0 Å². The van der Waals surface area contributed by atoms with Crippen LogP contribution in [0.4, 0.5) is 0 Å². The van der Waals surface area contributed by atoms with Gasteiger partial charge in [0.05, 0.1) is 6.10 Å². The molecule has 1 heterocycles. The fourth-order valence-corrected chi connectivity index (χ4v) is 1.90. The van der Waals surface area contributed by atoms with Gasteiger partial charge in [-0.15, -0.1) is 0 Å². The third kappa shape index (κ3) is 3.74. The second kappa shape index (κ2) is 5.83. The summed E-state index contributed by atoms with van der Waals surface area (Å²) in [5.41, 5.74) is 5.88. The van der Waals surface area contributed by atoms with E-state index in [9.17, 15) is 0 Å². The van der Waals surface area contributed by atoms with Crippen molar-refractivity contribution in [2.75, 3.05) is 19.7 Å². The van der Waals surface area contributed by atoms with Crippen molar-refractivity contribution in [1.29, 1.82) is 0 Å². The maximum atomic E-state index is 5.81. The topological polar surface area (TPSA) is 47.3 Å². The summed E-state index contributed by atoms with van der Waals surface area (Å²) in [7, 11) is 0. The Morgan fingerprint density at radius 3 is 2.73 bits per heavy atom. The smallest absolute Gasteiger partial charge is 0.0588 e. The molecule has 0 amide bonds. The van der Waals surface area contributed by atoms with Gasteiger partial charge in [-0.3, -0.25) is 0 Å². The van der Waals surface area contributed by atoms with Gasteiger partial charge >= 0.3 is 0 Å². The van der Waals surface area contributed by atoms with Crippen molar-refractivity contribution in [2.24, 2.45) is 11.7 Å². The van der Waals surface area contributed by atoms with Crippen LogP contribution in [0.2, 0.25) is 0 Å².